The summed E-state index contributed by atoms with van der Waals surface area (Å²) in [5.41, 5.74) is 0. The minimum atomic E-state index is 0.333. The first-order valence-electron chi connectivity index (χ1n) is 8.48. The zero-order valence-electron chi connectivity index (χ0n) is 12.5. The predicted molar refractivity (Wildman–Crippen MR) is 84.3 cm³/mol. The Hall–Kier alpha value is -0.870. The highest BCUT2D eigenvalue weighted by Crippen LogP contribution is 2.30. The Labute approximate surface area is 130 Å². The van der Waals surface area contributed by atoms with E-state index in [1.54, 1.807) is 4.90 Å². The van der Waals surface area contributed by atoms with Crippen LogP contribution in [-0.2, 0) is 11.3 Å². The van der Waals surface area contributed by atoms with Crippen molar-refractivity contribution in [2.45, 2.75) is 69.6 Å². The normalized spacial score (nSPS) is 35.4. The monoisotopic (exact) mass is 305 g/mol. The van der Waals surface area contributed by atoms with Crippen LogP contribution in [0.3, 0.4) is 0 Å². The van der Waals surface area contributed by atoms with Crippen molar-refractivity contribution >= 4 is 17.2 Å². The van der Waals surface area contributed by atoms with Crippen LogP contribution in [0.2, 0.25) is 0 Å². The number of rotatable bonds is 4. The minimum absolute atomic E-state index is 0.333. The molecule has 2 unspecified atom stereocenters. The van der Waals surface area contributed by atoms with Gasteiger partial charge >= 0.3 is 0 Å². The molecule has 3 aliphatic rings. The maximum absolute atomic E-state index is 12.0. The van der Waals surface area contributed by atoms with E-state index < -0.39 is 0 Å². The molecule has 0 radical (unpaired) electrons. The molecule has 2 saturated heterocycles. The molecule has 1 aliphatic carbocycles. The van der Waals surface area contributed by atoms with Gasteiger partial charge < -0.3 is 10.2 Å². The lowest BCUT2D eigenvalue weighted by atomic mass is 9.81. The van der Waals surface area contributed by atoms with Gasteiger partial charge in [0.25, 0.3) is 0 Å². The number of carbonyl (C=O) groups excluding carboxylic acids is 1. The SMILES string of the molecule is O=C(NC1C[C@H]2CCC[C@@H](C1)[NH+]2Cc1cccs1)C1CC1. The fourth-order valence-corrected chi connectivity index (χ4v) is 5.06. The lowest BCUT2D eigenvalue weighted by Crippen LogP contribution is -3.20. The van der Waals surface area contributed by atoms with Crippen molar-refractivity contribution in [3.63, 3.8) is 0 Å². The van der Waals surface area contributed by atoms with Crippen molar-refractivity contribution in [2.75, 3.05) is 0 Å². The van der Waals surface area contributed by atoms with Gasteiger partial charge in [-0.1, -0.05) is 6.07 Å². The van der Waals surface area contributed by atoms with E-state index in [1.165, 1.54) is 43.5 Å². The van der Waals surface area contributed by atoms with Crippen molar-refractivity contribution in [3.8, 4) is 0 Å². The zero-order valence-corrected chi connectivity index (χ0v) is 13.3. The summed E-state index contributed by atoms with van der Waals surface area (Å²) in [5, 5.41) is 5.53. The molecule has 1 aromatic heterocycles. The second-order valence-electron chi connectivity index (χ2n) is 7.11. The molecular formula is C17H25N2OS+. The van der Waals surface area contributed by atoms with Crippen LogP contribution in [0.5, 0.6) is 0 Å². The summed E-state index contributed by atoms with van der Waals surface area (Å²) >= 11 is 1.89. The maximum Gasteiger partial charge on any atom is 0.223 e. The van der Waals surface area contributed by atoms with E-state index in [9.17, 15) is 4.79 Å². The quantitative estimate of drug-likeness (QED) is 0.873. The zero-order chi connectivity index (χ0) is 14.2. The largest absolute Gasteiger partial charge is 0.353 e. The van der Waals surface area contributed by atoms with Crippen molar-refractivity contribution < 1.29 is 9.69 Å². The molecule has 2 aliphatic heterocycles. The predicted octanol–water partition coefficient (Wildman–Crippen LogP) is 1.74. The van der Waals surface area contributed by atoms with E-state index in [-0.39, 0.29) is 0 Å². The lowest BCUT2D eigenvalue weighted by molar-refractivity contribution is -0.973. The molecule has 1 amide bonds. The van der Waals surface area contributed by atoms with Crippen LogP contribution >= 0.6 is 11.3 Å². The number of thiophene rings is 1. The van der Waals surface area contributed by atoms with Gasteiger partial charge in [0.05, 0.1) is 17.0 Å². The topological polar surface area (TPSA) is 33.5 Å². The smallest absolute Gasteiger partial charge is 0.223 e. The Kier molecular flexibility index (Phi) is 3.76. The number of fused-ring (bicyclic) bond motifs is 2. The van der Waals surface area contributed by atoms with E-state index in [2.05, 4.69) is 22.8 Å². The molecule has 2 N–H and O–H groups in total. The van der Waals surface area contributed by atoms with Crippen LogP contribution in [0, 0.1) is 5.92 Å². The van der Waals surface area contributed by atoms with Crippen LogP contribution < -0.4 is 10.2 Å². The number of hydrogen-bond acceptors (Lipinski definition) is 2. The minimum Gasteiger partial charge on any atom is -0.353 e. The van der Waals surface area contributed by atoms with Crippen LogP contribution in [-0.4, -0.2) is 24.0 Å². The molecule has 4 rings (SSSR count). The van der Waals surface area contributed by atoms with E-state index in [0.717, 1.165) is 24.9 Å². The molecule has 2 bridgehead atoms. The number of carbonyl (C=O) groups is 1. The van der Waals surface area contributed by atoms with Gasteiger partial charge in [-0.25, -0.2) is 0 Å². The summed E-state index contributed by atoms with van der Waals surface area (Å²) in [7, 11) is 0. The number of quaternary nitrogens is 1. The maximum atomic E-state index is 12.0. The standard InChI is InChI=1S/C17H24N2OS/c20-17(12-6-7-12)18-13-9-14-3-1-4-15(10-13)19(14)11-16-5-2-8-21-16/h2,5,8,12-15H,1,3-4,6-7,9-11H2,(H,18,20)/p+1/t13?,14-,15+. The molecule has 1 aromatic rings. The Morgan fingerprint density at radius 1 is 1.24 bits per heavy atom. The molecule has 3 heterocycles. The second kappa shape index (κ2) is 5.73. The van der Waals surface area contributed by atoms with Gasteiger partial charge in [-0.3, -0.25) is 4.79 Å². The second-order valence-corrected chi connectivity index (χ2v) is 8.14. The van der Waals surface area contributed by atoms with Gasteiger partial charge in [0.15, 0.2) is 0 Å². The van der Waals surface area contributed by atoms with Crippen molar-refractivity contribution in [1.82, 2.24) is 5.32 Å². The number of piperidine rings is 2. The highest BCUT2D eigenvalue weighted by Gasteiger charge is 2.43. The molecule has 4 heteroatoms. The summed E-state index contributed by atoms with van der Waals surface area (Å²) in [6, 6.07) is 6.39. The Bertz CT molecular complexity index is 483. The third-order valence-electron chi connectivity index (χ3n) is 5.54. The van der Waals surface area contributed by atoms with Crippen LogP contribution in [0.1, 0.15) is 49.8 Å². The van der Waals surface area contributed by atoms with E-state index in [4.69, 9.17) is 0 Å². The molecule has 1 saturated carbocycles. The summed E-state index contributed by atoms with van der Waals surface area (Å²) in [4.78, 5) is 15.3. The van der Waals surface area contributed by atoms with E-state index in [0.29, 0.717) is 17.9 Å². The number of hydrogen-bond donors (Lipinski definition) is 2. The molecule has 3 fully saturated rings. The summed E-state index contributed by atoms with van der Waals surface area (Å²) in [5.74, 6) is 0.682. The van der Waals surface area contributed by atoms with Gasteiger partial charge in [-0.2, -0.15) is 0 Å². The first kappa shape index (κ1) is 13.8. The molecule has 3 nitrogen and oxygen atoms in total. The Morgan fingerprint density at radius 3 is 2.62 bits per heavy atom. The van der Waals surface area contributed by atoms with E-state index >= 15 is 0 Å². The number of amides is 1. The van der Waals surface area contributed by atoms with Crippen molar-refractivity contribution in [1.29, 1.82) is 0 Å². The Balaban J connectivity index is 1.41. The highest BCUT2D eigenvalue weighted by molar-refractivity contribution is 7.09. The van der Waals surface area contributed by atoms with Gasteiger partial charge in [0, 0.05) is 24.8 Å². The van der Waals surface area contributed by atoms with Crippen molar-refractivity contribution in [2.24, 2.45) is 5.92 Å². The first-order chi connectivity index (χ1) is 10.3. The van der Waals surface area contributed by atoms with Gasteiger partial charge in [0.1, 0.15) is 6.54 Å². The lowest BCUT2D eigenvalue weighted by Gasteiger charge is -2.45. The van der Waals surface area contributed by atoms with Gasteiger partial charge in [-0.15, -0.1) is 11.3 Å². The summed E-state index contributed by atoms with van der Waals surface area (Å²) in [6.07, 6.45) is 8.67. The molecular weight excluding hydrogens is 280 g/mol. The third-order valence-corrected chi connectivity index (χ3v) is 6.42. The molecule has 0 spiro atoms. The summed E-state index contributed by atoms with van der Waals surface area (Å²) < 4.78 is 0. The molecule has 114 valence electrons. The Morgan fingerprint density at radius 2 is 2.00 bits per heavy atom. The molecule has 0 aromatic carbocycles. The average Bonchev–Trinajstić information content (AvgIpc) is 3.18. The van der Waals surface area contributed by atoms with Gasteiger partial charge in [-0.05, 0) is 43.6 Å². The van der Waals surface area contributed by atoms with Crippen LogP contribution in [0.15, 0.2) is 17.5 Å². The molecule has 4 atom stereocenters. The van der Waals surface area contributed by atoms with Crippen LogP contribution in [0.25, 0.3) is 0 Å². The van der Waals surface area contributed by atoms with E-state index in [1.807, 2.05) is 11.3 Å². The van der Waals surface area contributed by atoms with Crippen LogP contribution in [0.4, 0.5) is 0 Å². The fraction of sp³-hybridized carbons (Fsp3) is 0.706. The van der Waals surface area contributed by atoms with Crippen molar-refractivity contribution in [3.05, 3.63) is 22.4 Å². The number of nitrogens with one attached hydrogen (secondary N) is 2. The fourth-order valence-electron chi connectivity index (χ4n) is 4.32. The molecule has 21 heavy (non-hydrogen) atoms. The summed E-state index contributed by atoms with van der Waals surface area (Å²) in [6.45, 7) is 1.19. The average molecular weight is 305 g/mol. The highest BCUT2D eigenvalue weighted by atomic mass is 32.1. The first-order valence-corrected chi connectivity index (χ1v) is 9.36. The third kappa shape index (κ3) is 3.02. The van der Waals surface area contributed by atoms with Gasteiger partial charge in [0.2, 0.25) is 5.91 Å².